The van der Waals surface area contributed by atoms with Crippen molar-refractivity contribution in [1.82, 2.24) is 15.1 Å². The largest absolute Gasteiger partial charge is 0.507 e. The van der Waals surface area contributed by atoms with E-state index in [9.17, 15) is 27.9 Å². The number of anilines is 1. The highest BCUT2D eigenvalue weighted by Gasteiger charge is 2.31. The number of alkyl halides is 3. The molecule has 1 heterocycles. The van der Waals surface area contributed by atoms with Gasteiger partial charge in [-0.2, -0.15) is 23.0 Å². The van der Waals surface area contributed by atoms with Crippen LogP contribution in [0.4, 0.5) is 23.7 Å². The van der Waals surface area contributed by atoms with Crippen molar-refractivity contribution in [1.29, 1.82) is 0 Å². The van der Waals surface area contributed by atoms with Gasteiger partial charge in [0.05, 0.1) is 17.0 Å². The van der Waals surface area contributed by atoms with Gasteiger partial charge in [-0.1, -0.05) is 42.3 Å². The molecule has 10 heteroatoms. The minimum atomic E-state index is -4.57. The van der Waals surface area contributed by atoms with Crippen molar-refractivity contribution in [2.75, 3.05) is 5.32 Å². The molecule has 0 radical (unpaired) electrons. The van der Waals surface area contributed by atoms with Crippen molar-refractivity contribution < 1.29 is 27.9 Å². The molecule has 0 bridgehead atoms. The Hall–Kier alpha value is -4.60. The number of rotatable bonds is 6. The zero-order valence-electron chi connectivity index (χ0n) is 21.6. The van der Waals surface area contributed by atoms with Gasteiger partial charge in [-0.15, -0.1) is 0 Å². The lowest BCUT2D eigenvalue weighted by Gasteiger charge is -2.25. The Morgan fingerprint density at radius 3 is 2.48 bits per heavy atom. The molecular formula is C30H27F3N4O3. The summed E-state index contributed by atoms with van der Waals surface area (Å²) in [5.74, 6) is -0.772. The fourth-order valence-electron chi connectivity index (χ4n) is 4.63. The molecule has 2 amide bonds. The van der Waals surface area contributed by atoms with E-state index in [0.29, 0.717) is 17.8 Å². The minimum Gasteiger partial charge on any atom is -0.507 e. The predicted octanol–water partition coefficient (Wildman–Crippen LogP) is 6.86. The van der Waals surface area contributed by atoms with Crippen LogP contribution in [0.5, 0.6) is 5.75 Å². The average molecular weight is 549 g/mol. The first-order valence-corrected chi connectivity index (χ1v) is 12.8. The molecule has 0 aliphatic heterocycles. The molecule has 1 saturated carbocycles. The smallest absolute Gasteiger partial charge is 0.416 e. The molecule has 1 aliphatic carbocycles. The average Bonchev–Trinajstić information content (AvgIpc) is 3.30. The van der Waals surface area contributed by atoms with Crippen molar-refractivity contribution in [2.24, 2.45) is 0 Å². The summed E-state index contributed by atoms with van der Waals surface area (Å²) >= 11 is 0. The van der Waals surface area contributed by atoms with E-state index in [1.165, 1.54) is 22.9 Å². The molecule has 3 aromatic carbocycles. The van der Waals surface area contributed by atoms with E-state index in [1.54, 1.807) is 12.1 Å². The number of phenols is 1. The fourth-order valence-corrected chi connectivity index (χ4v) is 4.63. The molecule has 1 aliphatic rings. The Morgan fingerprint density at radius 2 is 1.80 bits per heavy atom. The summed E-state index contributed by atoms with van der Waals surface area (Å²) < 4.78 is 40.4. The number of halogens is 3. The fraction of sp³-hybridized carbons (Fsp3) is 0.233. The molecular weight excluding hydrogens is 521 g/mol. The topological polar surface area (TPSA) is 96.3 Å². The van der Waals surface area contributed by atoms with Crippen LogP contribution in [-0.2, 0) is 12.7 Å². The van der Waals surface area contributed by atoms with Crippen molar-refractivity contribution in [3.8, 4) is 17.0 Å². The number of carbonyl (C=O) groups excluding carboxylic acids is 2. The Kier molecular flexibility index (Phi) is 7.34. The molecule has 0 saturated heterocycles. The summed E-state index contributed by atoms with van der Waals surface area (Å²) in [5, 5.41) is 20.7. The van der Waals surface area contributed by atoms with Crippen LogP contribution in [-0.4, -0.2) is 26.8 Å². The van der Waals surface area contributed by atoms with Crippen LogP contribution in [0.2, 0.25) is 0 Å². The van der Waals surface area contributed by atoms with Gasteiger partial charge in [-0.25, -0.2) is 4.79 Å². The number of nitrogens with zero attached hydrogens (tertiary/aromatic N) is 2. The molecule has 3 N–H and O–H groups in total. The van der Waals surface area contributed by atoms with Gasteiger partial charge in [0.1, 0.15) is 5.75 Å². The Morgan fingerprint density at radius 1 is 1.02 bits per heavy atom. The van der Waals surface area contributed by atoms with E-state index in [2.05, 4.69) is 15.7 Å². The molecule has 7 nitrogen and oxygen atoms in total. The Balaban J connectivity index is 1.35. The molecule has 4 aromatic rings. The highest BCUT2D eigenvalue weighted by molar-refractivity contribution is 6.04. The van der Waals surface area contributed by atoms with E-state index in [-0.39, 0.29) is 28.9 Å². The summed E-state index contributed by atoms with van der Waals surface area (Å²) in [7, 11) is 0. The maximum absolute atomic E-state index is 13.1. The number of carbonyl (C=O) groups is 2. The van der Waals surface area contributed by atoms with Crippen LogP contribution in [0.3, 0.4) is 0 Å². The van der Waals surface area contributed by atoms with Crippen molar-refractivity contribution >= 4 is 17.6 Å². The maximum atomic E-state index is 13.1. The number of hydrogen-bond acceptors (Lipinski definition) is 4. The standard InChI is InChI=1S/C30H27F3N4O3/c1-18-5-2-6-19(13-18)17-34-29(40)37-26(20-7-3-8-20)16-25(36-37)24-12-11-23(15-27(24)38)35-28(39)21-9-4-10-22(14-21)30(31,32)33/h2,4-6,9-16,20,38H,3,7-8,17H2,1H3,(H,34,40)(H,35,39). The first-order chi connectivity index (χ1) is 19.1. The molecule has 0 atom stereocenters. The van der Waals surface area contributed by atoms with Gasteiger partial charge in [-0.3, -0.25) is 4.79 Å². The number of phenolic OH excluding ortho intramolecular Hbond substituents is 1. The van der Waals surface area contributed by atoms with E-state index in [1.807, 2.05) is 31.2 Å². The highest BCUT2D eigenvalue weighted by atomic mass is 19.4. The van der Waals surface area contributed by atoms with Crippen molar-refractivity contribution in [2.45, 2.75) is 44.8 Å². The third-order valence-electron chi connectivity index (χ3n) is 6.96. The zero-order chi connectivity index (χ0) is 28.4. The lowest BCUT2D eigenvalue weighted by atomic mass is 9.82. The first-order valence-electron chi connectivity index (χ1n) is 12.8. The van der Waals surface area contributed by atoms with Gasteiger partial charge in [0.2, 0.25) is 0 Å². The number of aromatic nitrogens is 2. The quantitative estimate of drug-likeness (QED) is 0.245. The summed E-state index contributed by atoms with van der Waals surface area (Å²) in [6, 6.07) is 17.7. The highest BCUT2D eigenvalue weighted by Crippen LogP contribution is 2.39. The summed E-state index contributed by atoms with van der Waals surface area (Å²) in [4.78, 5) is 25.7. The van der Waals surface area contributed by atoms with Crippen LogP contribution in [0, 0.1) is 6.92 Å². The first kappa shape index (κ1) is 27.0. The Labute approximate surface area is 228 Å². The zero-order valence-corrected chi connectivity index (χ0v) is 21.6. The van der Waals surface area contributed by atoms with Crippen molar-refractivity contribution in [3.05, 3.63) is 101 Å². The molecule has 40 heavy (non-hydrogen) atoms. The number of aromatic hydroxyl groups is 1. The van der Waals surface area contributed by atoms with Crippen LogP contribution in [0.15, 0.2) is 72.8 Å². The summed E-state index contributed by atoms with van der Waals surface area (Å²) in [6.07, 6.45) is -1.65. The SMILES string of the molecule is Cc1cccc(CNC(=O)n2nc(-c3ccc(NC(=O)c4cccc(C(F)(F)F)c4)cc3O)cc2C2CCC2)c1. The molecule has 0 spiro atoms. The summed E-state index contributed by atoms with van der Waals surface area (Å²) in [6.45, 7) is 2.32. The number of aryl methyl sites for hydroxylation is 1. The molecule has 206 valence electrons. The van der Waals surface area contributed by atoms with Gasteiger partial charge in [0.25, 0.3) is 5.91 Å². The number of nitrogens with one attached hydrogen (secondary N) is 2. The van der Waals surface area contributed by atoms with Crippen LogP contribution in [0.25, 0.3) is 11.3 Å². The van der Waals surface area contributed by atoms with Crippen LogP contribution < -0.4 is 10.6 Å². The lowest BCUT2D eigenvalue weighted by molar-refractivity contribution is -0.137. The van der Waals surface area contributed by atoms with Crippen LogP contribution in [0.1, 0.15) is 57.9 Å². The van der Waals surface area contributed by atoms with Gasteiger partial charge < -0.3 is 15.7 Å². The third-order valence-corrected chi connectivity index (χ3v) is 6.96. The molecule has 5 rings (SSSR count). The molecule has 1 fully saturated rings. The monoisotopic (exact) mass is 548 g/mol. The third kappa shape index (κ3) is 5.85. The van der Waals surface area contributed by atoms with Gasteiger partial charge in [0, 0.05) is 35.3 Å². The molecule has 0 unspecified atom stereocenters. The summed E-state index contributed by atoms with van der Waals surface area (Å²) in [5.41, 5.74) is 2.64. The second kappa shape index (κ2) is 10.9. The molecule has 1 aromatic heterocycles. The van der Waals surface area contributed by atoms with E-state index in [0.717, 1.165) is 54.3 Å². The van der Waals surface area contributed by atoms with Gasteiger partial charge in [-0.05, 0) is 61.7 Å². The predicted molar refractivity (Wildman–Crippen MR) is 144 cm³/mol. The maximum Gasteiger partial charge on any atom is 0.416 e. The Bertz CT molecular complexity index is 1570. The van der Waals surface area contributed by atoms with Gasteiger partial charge >= 0.3 is 12.2 Å². The van der Waals surface area contributed by atoms with Crippen LogP contribution >= 0.6 is 0 Å². The lowest BCUT2D eigenvalue weighted by Crippen LogP contribution is -2.31. The van der Waals surface area contributed by atoms with E-state index >= 15 is 0 Å². The number of amides is 2. The van der Waals surface area contributed by atoms with Gasteiger partial charge in [0.15, 0.2) is 0 Å². The number of benzene rings is 3. The van der Waals surface area contributed by atoms with E-state index in [4.69, 9.17) is 0 Å². The minimum absolute atomic E-state index is 0.168. The normalized spacial score (nSPS) is 13.5. The van der Waals surface area contributed by atoms with E-state index < -0.39 is 17.6 Å². The second-order valence-electron chi connectivity index (χ2n) is 9.91. The van der Waals surface area contributed by atoms with Crippen molar-refractivity contribution in [3.63, 3.8) is 0 Å². The number of hydrogen-bond donors (Lipinski definition) is 3. The second-order valence-corrected chi connectivity index (χ2v) is 9.91.